The van der Waals surface area contributed by atoms with Crippen molar-refractivity contribution in [3.63, 3.8) is 0 Å². The summed E-state index contributed by atoms with van der Waals surface area (Å²) >= 11 is 0. The van der Waals surface area contributed by atoms with Gasteiger partial charge in [-0.15, -0.1) is 0 Å². The van der Waals surface area contributed by atoms with Gasteiger partial charge in [-0.1, -0.05) is 27.2 Å². The molecular weight excluding hydrogens is 266 g/mol. The maximum Gasteiger partial charge on any atom is 0.223 e. The Labute approximate surface area is 127 Å². The van der Waals surface area contributed by atoms with Gasteiger partial charge in [0.1, 0.15) is 0 Å². The first-order chi connectivity index (χ1) is 9.69. The lowest BCUT2D eigenvalue weighted by Gasteiger charge is -2.30. The molecule has 3 unspecified atom stereocenters. The van der Waals surface area contributed by atoms with Gasteiger partial charge in [0.2, 0.25) is 5.91 Å². The second-order valence-electron chi connectivity index (χ2n) is 6.40. The largest absolute Gasteiger partial charge is 0.388 e. The fourth-order valence-corrected chi connectivity index (χ4v) is 2.33. The quantitative estimate of drug-likeness (QED) is 0.721. The summed E-state index contributed by atoms with van der Waals surface area (Å²) < 4.78 is 0. The Balaban J connectivity index is 2.56. The molecule has 0 saturated heterocycles. The number of aromatic nitrogens is 2. The molecule has 0 radical (unpaired) electrons. The van der Waals surface area contributed by atoms with E-state index in [9.17, 15) is 9.90 Å². The van der Waals surface area contributed by atoms with Crippen LogP contribution in [0.3, 0.4) is 0 Å². The Kier molecular flexibility index (Phi) is 5.96. The third kappa shape index (κ3) is 4.56. The molecule has 0 aromatic carbocycles. The second-order valence-corrected chi connectivity index (χ2v) is 6.40. The molecule has 0 bridgehead atoms. The number of carbonyl (C=O) groups excluding carboxylic acids is 1. The van der Waals surface area contributed by atoms with Crippen molar-refractivity contribution in [2.24, 2.45) is 11.8 Å². The molecule has 120 valence electrons. The van der Waals surface area contributed by atoms with Crippen LogP contribution in [-0.4, -0.2) is 33.4 Å². The van der Waals surface area contributed by atoms with E-state index in [0.29, 0.717) is 6.42 Å². The summed E-state index contributed by atoms with van der Waals surface area (Å²) in [4.78, 5) is 12.2. The van der Waals surface area contributed by atoms with Crippen molar-refractivity contribution in [3.8, 4) is 0 Å². The monoisotopic (exact) mass is 295 g/mol. The first-order valence-corrected chi connectivity index (χ1v) is 7.69. The molecule has 21 heavy (non-hydrogen) atoms. The highest BCUT2D eigenvalue weighted by atomic mass is 16.3. The van der Waals surface area contributed by atoms with Gasteiger partial charge < -0.3 is 10.4 Å². The highest BCUT2D eigenvalue weighted by molar-refractivity contribution is 5.78. The topological polar surface area (TPSA) is 78.0 Å². The zero-order valence-electron chi connectivity index (χ0n) is 14.1. The van der Waals surface area contributed by atoms with E-state index in [1.165, 1.54) is 0 Å². The fourth-order valence-electron chi connectivity index (χ4n) is 2.33. The van der Waals surface area contributed by atoms with Crippen LogP contribution in [-0.2, 0) is 11.2 Å². The number of hydrogen-bond donors (Lipinski definition) is 3. The summed E-state index contributed by atoms with van der Waals surface area (Å²) in [5.41, 5.74) is 2.19. The van der Waals surface area contributed by atoms with E-state index >= 15 is 0 Å². The van der Waals surface area contributed by atoms with Crippen molar-refractivity contribution in [1.82, 2.24) is 15.5 Å². The molecule has 5 nitrogen and oxygen atoms in total. The minimum absolute atomic E-state index is 0.0291. The highest BCUT2D eigenvalue weighted by Crippen LogP contribution is 2.19. The van der Waals surface area contributed by atoms with Crippen LogP contribution < -0.4 is 5.32 Å². The first kappa shape index (κ1) is 17.7. The van der Waals surface area contributed by atoms with Crippen LogP contribution in [0.25, 0.3) is 0 Å². The number of rotatable bonds is 7. The number of aliphatic hydroxyl groups is 1. The normalized spacial score (nSPS) is 17.1. The first-order valence-electron chi connectivity index (χ1n) is 7.69. The summed E-state index contributed by atoms with van der Waals surface area (Å²) in [6.07, 6.45) is 1.54. The van der Waals surface area contributed by atoms with Crippen LogP contribution in [0, 0.1) is 25.7 Å². The minimum atomic E-state index is -0.869. The molecule has 5 heteroatoms. The van der Waals surface area contributed by atoms with Gasteiger partial charge in [0.05, 0.1) is 11.3 Å². The molecule has 1 aromatic heterocycles. The average Bonchev–Trinajstić information content (AvgIpc) is 2.75. The Morgan fingerprint density at radius 2 is 2.05 bits per heavy atom. The van der Waals surface area contributed by atoms with E-state index in [-0.39, 0.29) is 24.3 Å². The van der Waals surface area contributed by atoms with Crippen molar-refractivity contribution in [2.45, 2.75) is 60.0 Å². The minimum Gasteiger partial charge on any atom is -0.388 e. The predicted octanol–water partition coefficient (Wildman–Crippen LogP) is 2.12. The number of nitrogens with zero attached hydrogens (tertiary/aromatic N) is 1. The number of hydrogen-bond acceptors (Lipinski definition) is 3. The Morgan fingerprint density at radius 3 is 2.52 bits per heavy atom. The molecule has 1 aromatic rings. The molecule has 1 amide bonds. The molecule has 0 aliphatic carbocycles. The van der Waals surface area contributed by atoms with Crippen LogP contribution in [0.2, 0.25) is 0 Å². The SMILES string of the molecule is CCC(C)C(C)(O)CNC(=O)C(C)Cc1c(C)n[nH]c1C. The van der Waals surface area contributed by atoms with Crippen molar-refractivity contribution >= 4 is 5.91 Å². The number of H-pyrrole nitrogens is 1. The Hall–Kier alpha value is -1.36. The van der Waals surface area contributed by atoms with Gasteiger partial charge in [0.25, 0.3) is 0 Å². The predicted molar refractivity (Wildman–Crippen MR) is 84.0 cm³/mol. The maximum absolute atomic E-state index is 12.2. The fraction of sp³-hybridized carbons (Fsp3) is 0.750. The van der Waals surface area contributed by atoms with Crippen LogP contribution in [0.5, 0.6) is 0 Å². The zero-order valence-corrected chi connectivity index (χ0v) is 14.1. The summed E-state index contributed by atoms with van der Waals surface area (Å²) in [5, 5.41) is 20.3. The van der Waals surface area contributed by atoms with Crippen molar-refractivity contribution in [1.29, 1.82) is 0 Å². The zero-order chi connectivity index (χ0) is 16.2. The van der Waals surface area contributed by atoms with Crippen molar-refractivity contribution in [3.05, 3.63) is 17.0 Å². The van der Waals surface area contributed by atoms with Crippen LogP contribution in [0.4, 0.5) is 0 Å². The molecule has 0 aliphatic heterocycles. The summed E-state index contributed by atoms with van der Waals surface area (Å²) in [6, 6.07) is 0. The lowest BCUT2D eigenvalue weighted by atomic mass is 9.88. The number of carbonyl (C=O) groups is 1. The molecule has 0 fully saturated rings. The van der Waals surface area contributed by atoms with Gasteiger partial charge in [-0.05, 0) is 38.7 Å². The molecular formula is C16H29N3O2. The van der Waals surface area contributed by atoms with E-state index in [1.54, 1.807) is 6.92 Å². The maximum atomic E-state index is 12.2. The van der Waals surface area contributed by atoms with Crippen LogP contribution in [0.1, 0.15) is 51.1 Å². The van der Waals surface area contributed by atoms with Gasteiger partial charge in [0, 0.05) is 18.2 Å². The lowest BCUT2D eigenvalue weighted by molar-refractivity contribution is -0.126. The van der Waals surface area contributed by atoms with Crippen molar-refractivity contribution < 1.29 is 9.90 Å². The third-order valence-corrected chi connectivity index (χ3v) is 4.53. The molecule has 3 N–H and O–H groups in total. The number of aromatic amines is 1. The molecule has 0 saturated carbocycles. The number of nitrogens with one attached hydrogen (secondary N) is 2. The summed E-state index contributed by atoms with van der Waals surface area (Å²) in [5.74, 6) is -0.0298. The third-order valence-electron chi connectivity index (χ3n) is 4.53. The van der Waals surface area contributed by atoms with Gasteiger partial charge in [0.15, 0.2) is 0 Å². The number of amides is 1. The molecule has 0 aliphatic rings. The standard InChI is InChI=1S/C16H29N3O2/c1-7-11(3)16(6,21)9-17-15(20)10(2)8-14-12(4)18-19-13(14)5/h10-11,21H,7-9H2,1-6H3,(H,17,20)(H,18,19). The van der Waals surface area contributed by atoms with E-state index in [1.807, 2.05) is 34.6 Å². The summed E-state index contributed by atoms with van der Waals surface area (Å²) in [6.45, 7) is 11.9. The smallest absolute Gasteiger partial charge is 0.223 e. The average molecular weight is 295 g/mol. The van der Waals surface area contributed by atoms with E-state index in [4.69, 9.17) is 0 Å². The second kappa shape index (κ2) is 7.07. The molecule has 0 spiro atoms. The Morgan fingerprint density at radius 1 is 1.43 bits per heavy atom. The lowest BCUT2D eigenvalue weighted by Crippen LogP contribution is -2.46. The molecule has 1 heterocycles. The van der Waals surface area contributed by atoms with E-state index < -0.39 is 5.60 Å². The van der Waals surface area contributed by atoms with Gasteiger partial charge in [-0.3, -0.25) is 9.89 Å². The van der Waals surface area contributed by atoms with E-state index in [0.717, 1.165) is 23.4 Å². The highest BCUT2D eigenvalue weighted by Gasteiger charge is 2.28. The number of aryl methyl sites for hydroxylation is 2. The van der Waals surface area contributed by atoms with Crippen LogP contribution >= 0.6 is 0 Å². The Bertz CT molecular complexity index is 460. The van der Waals surface area contributed by atoms with E-state index in [2.05, 4.69) is 15.5 Å². The van der Waals surface area contributed by atoms with Gasteiger partial charge >= 0.3 is 0 Å². The van der Waals surface area contributed by atoms with Crippen LogP contribution in [0.15, 0.2) is 0 Å². The molecule has 3 atom stereocenters. The van der Waals surface area contributed by atoms with Gasteiger partial charge in [-0.25, -0.2) is 0 Å². The van der Waals surface area contributed by atoms with Gasteiger partial charge in [-0.2, -0.15) is 5.10 Å². The molecule has 1 rings (SSSR count). The summed E-state index contributed by atoms with van der Waals surface area (Å²) in [7, 11) is 0. The van der Waals surface area contributed by atoms with Crippen molar-refractivity contribution in [2.75, 3.05) is 6.54 Å².